The Labute approximate surface area is 143 Å². The standard InChI is InChI=1S/C15H14N2O5S2/c1-21-15(18)14-13(6-10-23-14)24(19,20)17-8-2-3-9-22-12-5-4-7-16-11-12/h4-7,10-11,17H,8-9H2,1H3. The Kier molecular flexibility index (Phi) is 6.31. The Morgan fingerprint density at radius 2 is 2.21 bits per heavy atom. The van der Waals surface area contributed by atoms with Crippen molar-refractivity contribution in [2.45, 2.75) is 4.90 Å². The average molecular weight is 366 g/mol. The van der Waals surface area contributed by atoms with Gasteiger partial charge in [0.05, 0.1) is 19.9 Å². The van der Waals surface area contributed by atoms with Gasteiger partial charge in [0.15, 0.2) is 0 Å². The predicted molar refractivity (Wildman–Crippen MR) is 88.4 cm³/mol. The highest BCUT2D eigenvalue weighted by Gasteiger charge is 2.23. The molecule has 24 heavy (non-hydrogen) atoms. The van der Waals surface area contributed by atoms with Crippen LogP contribution in [0.2, 0.25) is 0 Å². The number of pyridine rings is 1. The van der Waals surface area contributed by atoms with Crippen LogP contribution in [0.15, 0.2) is 40.9 Å². The number of thiophene rings is 1. The largest absolute Gasteiger partial charge is 0.479 e. The van der Waals surface area contributed by atoms with Crippen molar-refractivity contribution < 1.29 is 22.7 Å². The molecule has 0 saturated heterocycles. The van der Waals surface area contributed by atoms with Gasteiger partial charge in [-0.25, -0.2) is 13.2 Å². The van der Waals surface area contributed by atoms with E-state index < -0.39 is 16.0 Å². The van der Waals surface area contributed by atoms with E-state index in [9.17, 15) is 13.2 Å². The van der Waals surface area contributed by atoms with Crippen LogP contribution in [0.1, 0.15) is 9.67 Å². The monoisotopic (exact) mass is 366 g/mol. The molecule has 0 unspecified atom stereocenters. The van der Waals surface area contributed by atoms with Crippen molar-refractivity contribution in [2.75, 3.05) is 20.3 Å². The van der Waals surface area contributed by atoms with Crippen LogP contribution in [0.5, 0.6) is 5.75 Å². The molecule has 0 aliphatic rings. The predicted octanol–water partition coefficient (Wildman–Crippen LogP) is 1.29. The third kappa shape index (κ3) is 4.79. The molecule has 2 rings (SSSR count). The summed E-state index contributed by atoms with van der Waals surface area (Å²) in [4.78, 5) is 15.3. The molecule has 0 spiro atoms. The SMILES string of the molecule is COC(=O)c1sccc1S(=O)(=O)NCC#CCOc1cccnc1. The van der Waals surface area contributed by atoms with Gasteiger partial charge in [-0.15, -0.1) is 11.3 Å². The first-order valence-corrected chi connectivity index (χ1v) is 9.05. The lowest BCUT2D eigenvalue weighted by Gasteiger charge is -2.04. The van der Waals surface area contributed by atoms with Crippen molar-refractivity contribution >= 4 is 27.3 Å². The average Bonchev–Trinajstić information content (AvgIpc) is 3.09. The fourth-order valence-corrected chi connectivity index (χ4v) is 3.88. The van der Waals surface area contributed by atoms with Gasteiger partial charge >= 0.3 is 5.97 Å². The minimum absolute atomic E-state index is 0.0258. The topological polar surface area (TPSA) is 94.6 Å². The number of esters is 1. The van der Waals surface area contributed by atoms with Gasteiger partial charge in [0.1, 0.15) is 22.1 Å². The molecule has 0 radical (unpaired) electrons. The van der Waals surface area contributed by atoms with E-state index in [1.807, 2.05) is 0 Å². The van der Waals surface area contributed by atoms with E-state index in [1.54, 1.807) is 24.5 Å². The van der Waals surface area contributed by atoms with Crippen LogP contribution >= 0.6 is 11.3 Å². The summed E-state index contributed by atoms with van der Waals surface area (Å²) >= 11 is 0.998. The lowest BCUT2D eigenvalue weighted by molar-refractivity contribution is 0.0602. The number of carbonyl (C=O) groups excluding carboxylic acids is 1. The molecule has 126 valence electrons. The van der Waals surface area contributed by atoms with E-state index in [4.69, 9.17) is 4.74 Å². The molecule has 0 aromatic carbocycles. The highest BCUT2D eigenvalue weighted by atomic mass is 32.2. The smallest absolute Gasteiger partial charge is 0.349 e. The Bertz CT molecular complexity index is 851. The lowest BCUT2D eigenvalue weighted by atomic mass is 10.5. The fourth-order valence-electron chi connectivity index (χ4n) is 1.62. The summed E-state index contributed by atoms with van der Waals surface area (Å²) in [6.07, 6.45) is 3.18. The maximum absolute atomic E-state index is 12.2. The van der Waals surface area contributed by atoms with Crippen LogP contribution in [0.25, 0.3) is 0 Å². The second kappa shape index (κ2) is 8.44. The highest BCUT2D eigenvalue weighted by Crippen LogP contribution is 2.22. The quantitative estimate of drug-likeness (QED) is 0.611. The molecule has 0 atom stereocenters. The number of ether oxygens (including phenoxy) is 2. The zero-order chi connectivity index (χ0) is 17.4. The molecule has 2 heterocycles. The van der Waals surface area contributed by atoms with Crippen LogP contribution in [0, 0.1) is 11.8 Å². The molecule has 0 aliphatic heterocycles. The van der Waals surface area contributed by atoms with E-state index in [0.29, 0.717) is 5.75 Å². The van der Waals surface area contributed by atoms with Gasteiger partial charge in [-0.1, -0.05) is 11.8 Å². The molecular formula is C15H14N2O5S2. The van der Waals surface area contributed by atoms with Crippen LogP contribution in [0.4, 0.5) is 0 Å². The lowest BCUT2D eigenvalue weighted by Crippen LogP contribution is -2.25. The van der Waals surface area contributed by atoms with Gasteiger partial charge in [-0.05, 0) is 23.6 Å². The van der Waals surface area contributed by atoms with Gasteiger partial charge in [-0.2, -0.15) is 4.72 Å². The molecule has 9 heteroatoms. The Hall–Kier alpha value is -2.41. The number of hydrogen-bond acceptors (Lipinski definition) is 7. The summed E-state index contributed by atoms with van der Waals surface area (Å²) in [5, 5.41) is 1.51. The molecule has 2 aromatic rings. The number of methoxy groups -OCH3 is 1. The van der Waals surface area contributed by atoms with E-state index >= 15 is 0 Å². The zero-order valence-electron chi connectivity index (χ0n) is 12.7. The zero-order valence-corrected chi connectivity index (χ0v) is 14.3. The molecule has 0 fully saturated rings. The van der Waals surface area contributed by atoms with Gasteiger partial charge < -0.3 is 9.47 Å². The molecule has 0 bridgehead atoms. The first-order chi connectivity index (χ1) is 11.5. The molecular weight excluding hydrogens is 352 g/mol. The summed E-state index contributed by atoms with van der Waals surface area (Å²) in [6.45, 7) is 0.00841. The first-order valence-electron chi connectivity index (χ1n) is 6.68. The second-order valence-electron chi connectivity index (χ2n) is 4.26. The van der Waals surface area contributed by atoms with E-state index in [1.165, 1.54) is 18.6 Å². The van der Waals surface area contributed by atoms with E-state index in [-0.39, 0.29) is 22.9 Å². The molecule has 7 nitrogen and oxygen atoms in total. The molecule has 2 aromatic heterocycles. The fraction of sp³-hybridized carbons (Fsp3) is 0.200. The Morgan fingerprint density at radius 3 is 2.92 bits per heavy atom. The molecule has 1 N–H and O–H groups in total. The molecule has 0 saturated carbocycles. The van der Waals surface area contributed by atoms with Gasteiger partial charge in [0.25, 0.3) is 0 Å². The van der Waals surface area contributed by atoms with Crippen LogP contribution in [-0.4, -0.2) is 39.6 Å². The van der Waals surface area contributed by atoms with Gasteiger partial charge in [0, 0.05) is 6.20 Å². The van der Waals surface area contributed by atoms with Gasteiger partial charge in [0.2, 0.25) is 10.0 Å². The first kappa shape index (κ1) is 17.9. The van der Waals surface area contributed by atoms with E-state index in [2.05, 4.69) is 26.3 Å². The van der Waals surface area contributed by atoms with Crippen LogP contribution < -0.4 is 9.46 Å². The number of nitrogens with zero attached hydrogens (tertiary/aromatic N) is 1. The van der Waals surface area contributed by atoms with Crippen molar-refractivity contribution in [1.82, 2.24) is 9.71 Å². The maximum Gasteiger partial charge on any atom is 0.349 e. The van der Waals surface area contributed by atoms with Crippen molar-refractivity contribution in [1.29, 1.82) is 0 Å². The summed E-state index contributed by atoms with van der Waals surface area (Å²) in [5.41, 5.74) is 0. The summed E-state index contributed by atoms with van der Waals surface area (Å²) < 4.78 is 36.5. The Balaban J connectivity index is 1.89. The second-order valence-corrected chi connectivity index (χ2v) is 6.91. The van der Waals surface area contributed by atoms with Crippen molar-refractivity contribution in [3.8, 4) is 17.6 Å². The summed E-state index contributed by atoms with van der Waals surface area (Å²) in [6, 6.07) is 4.82. The highest BCUT2D eigenvalue weighted by molar-refractivity contribution is 7.89. The number of sulfonamides is 1. The summed E-state index contributed by atoms with van der Waals surface area (Å²) in [7, 11) is -2.64. The van der Waals surface area contributed by atoms with Crippen LogP contribution in [-0.2, 0) is 14.8 Å². The van der Waals surface area contributed by atoms with Crippen molar-refractivity contribution in [3.05, 3.63) is 40.8 Å². The number of nitrogens with one attached hydrogen (secondary N) is 1. The molecule has 0 aliphatic carbocycles. The number of aromatic nitrogens is 1. The van der Waals surface area contributed by atoms with Crippen LogP contribution in [0.3, 0.4) is 0 Å². The third-order valence-electron chi connectivity index (χ3n) is 2.71. The summed E-state index contributed by atoms with van der Waals surface area (Å²) in [5.74, 6) is 5.21. The number of carbonyl (C=O) groups is 1. The normalized spacial score (nSPS) is 10.5. The number of hydrogen-bond donors (Lipinski definition) is 1. The molecule has 0 amide bonds. The number of rotatable bonds is 6. The van der Waals surface area contributed by atoms with Gasteiger partial charge in [-0.3, -0.25) is 4.98 Å². The minimum atomic E-state index is -3.84. The Morgan fingerprint density at radius 1 is 1.38 bits per heavy atom. The van der Waals surface area contributed by atoms with Crippen molar-refractivity contribution in [2.24, 2.45) is 0 Å². The third-order valence-corrected chi connectivity index (χ3v) is 5.18. The maximum atomic E-state index is 12.2. The van der Waals surface area contributed by atoms with Crippen molar-refractivity contribution in [3.63, 3.8) is 0 Å². The minimum Gasteiger partial charge on any atom is -0.479 e. The van der Waals surface area contributed by atoms with E-state index in [0.717, 1.165) is 11.3 Å².